The number of amides is 1. The van der Waals surface area contributed by atoms with Crippen LogP contribution in [0.3, 0.4) is 0 Å². The molecule has 2 aromatic rings. The molecule has 0 bridgehead atoms. The predicted octanol–water partition coefficient (Wildman–Crippen LogP) is 6.62. The van der Waals surface area contributed by atoms with Crippen LogP contribution >= 0.6 is 29.9 Å². The summed E-state index contributed by atoms with van der Waals surface area (Å²) in [6, 6.07) is 14.4. The molecule has 0 aliphatic heterocycles. The SMILES string of the molecule is CCCSc1cccc(C(=O)NN=Cc2ccc(OP(=O)(OCC)SCCC)cc2)c1. The van der Waals surface area contributed by atoms with Crippen molar-refractivity contribution < 1.29 is 18.4 Å². The molecule has 0 aliphatic carbocycles. The van der Waals surface area contributed by atoms with E-state index in [9.17, 15) is 9.36 Å². The number of thioether (sulfide) groups is 1. The topological polar surface area (TPSA) is 77.0 Å². The van der Waals surface area contributed by atoms with Crippen molar-refractivity contribution in [3.05, 3.63) is 59.7 Å². The summed E-state index contributed by atoms with van der Waals surface area (Å²) >= 11 is 2.93. The van der Waals surface area contributed by atoms with Crippen LogP contribution in [0.4, 0.5) is 0 Å². The number of carbonyl (C=O) groups is 1. The second-order valence-corrected chi connectivity index (χ2v) is 11.7. The maximum absolute atomic E-state index is 12.7. The lowest BCUT2D eigenvalue weighted by Gasteiger charge is -2.17. The highest BCUT2D eigenvalue weighted by molar-refractivity contribution is 8.55. The lowest BCUT2D eigenvalue weighted by Crippen LogP contribution is -2.17. The Kier molecular flexibility index (Phi) is 11.2. The highest BCUT2D eigenvalue weighted by atomic mass is 32.7. The maximum Gasteiger partial charge on any atom is 0.440 e. The number of hydrogen-bond donors (Lipinski definition) is 1. The summed E-state index contributed by atoms with van der Waals surface area (Å²) in [6.07, 6.45) is 3.51. The molecule has 31 heavy (non-hydrogen) atoms. The van der Waals surface area contributed by atoms with E-state index in [2.05, 4.69) is 17.5 Å². The van der Waals surface area contributed by atoms with Crippen LogP contribution in [0, 0.1) is 0 Å². The van der Waals surface area contributed by atoms with E-state index in [1.165, 1.54) is 11.4 Å². The Labute approximate surface area is 192 Å². The molecular weight excluding hydrogens is 451 g/mol. The molecule has 9 heteroatoms. The van der Waals surface area contributed by atoms with Gasteiger partial charge in [-0.1, -0.05) is 19.9 Å². The van der Waals surface area contributed by atoms with E-state index < -0.39 is 6.80 Å². The molecule has 168 valence electrons. The number of nitrogens with zero attached hydrogens (tertiary/aromatic N) is 1. The molecule has 6 nitrogen and oxygen atoms in total. The Bertz CT molecular complexity index is 907. The Morgan fingerprint density at radius 2 is 1.84 bits per heavy atom. The van der Waals surface area contributed by atoms with Crippen molar-refractivity contribution in [1.29, 1.82) is 0 Å². The molecule has 1 atom stereocenters. The van der Waals surface area contributed by atoms with E-state index in [-0.39, 0.29) is 5.91 Å². The minimum Gasteiger partial charge on any atom is -0.417 e. The molecule has 0 aliphatic rings. The summed E-state index contributed by atoms with van der Waals surface area (Å²) < 4.78 is 23.7. The Balaban J connectivity index is 1.93. The third-order valence-electron chi connectivity index (χ3n) is 3.79. The quantitative estimate of drug-likeness (QED) is 0.150. The molecule has 0 heterocycles. The molecule has 1 amide bonds. The van der Waals surface area contributed by atoms with Gasteiger partial charge in [-0.3, -0.25) is 9.32 Å². The Morgan fingerprint density at radius 1 is 1.10 bits per heavy atom. The summed E-state index contributed by atoms with van der Waals surface area (Å²) in [4.78, 5) is 13.4. The van der Waals surface area contributed by atoms with Crippen molar-refractivity contribution in [2.75, 3.05) is 18.1 Å². The molecule has 0 fully saturated rings. The fourth-order valence-corrected chi connectivity index (χ4v) is 6.65. The van der Waals surface area contributed by atoms with E-state index in [1.54, 1.807) is 55.2 Å². The average molecular weight is 481 g/mol. The Morgan fingerprint density at radius 3 is 2.52 bits per heavy atom. The average Bonchev–Trinajstić information content (AvgIpc) is 2.78. The van der Waals surface area contributed by atoms with Gasteiger partial charge in [-0.2, -0.15) is 5.10 Å². The summed E-state index contributed by atoms with van der Waals surface area (Å²) in [5.41, 5.74) is 3.88. The first kappa shape index (κ1) is 25.5. The van der Waals surface area contributed by atoms with Gasteiger partial charge in [0.1, 0.15) is 5.75 Å². The fraction of sp³-hybridized carbons (Fsp3) is 0.364. The standard InChI is InChI=1S/C22H29N2O4PS2/c1-4-14-30-21-9-7-8-19(16-21)22(25)24-23-17-18-10-12-20(13-11-18)28-29(26,27-6-3)31-15-5-2/h7-13,16-17H,4-6,14-15H2,1-3H3,(H,24,25). The van der Waals surface area contributed by atoms with Gasteiger partial charge in [-0.25, -0.2) is 9.99 Å². The minimum absolute atomic E-state index is 0.263. The maximum atomic E-state index is 12.7. The largest absolute Gasteiger partial charge is 0.440 e. The van der Waals surface area contributed by atoms with Crippen molar-refractivity contribution in [2.45, 2.75) is 38.5 Å². The number of hydrogen-bond acceptors (Lipinski definition) is 7. The molecule has 2 rings (SSSR count). The van der Waals surface area contributed by atoms with Gasteiger partial charge < -0.3 is 4.52 Å². The van der Waals surface area contributed by atoms with Crippen molar-refractivity contribution in [1.82, 2.24) is 5.43 Å². The third-order valence-corrected chi connectivity index (χ3v) is 8.94. The smallest absolute Gasteiger partial charge is 0.417 e. The van der Waals surface area contributed by atoms with E-state index >= 15 is 0 Å². The molecule has 1 N–H and O–H groups in total. The lowest BCUT2D eigenvalue weighted by atomic mass is 10.2. The zero-order chi connectivity index (χ0) is 22.5. The van der Waals surface area contributed by atoms with Gasteiger partial charge in [0.15, 0.2) is 0 Å². The highest BCUT2D eigenvalue weighted by Crippen LogP contribution is 2.60. The van der Waals surface area contributed by atoms with Gasteiger partial charge in [0.2, 0.25) is 0 Å². The van der Waals surface area contributed by atoms with Gasteiger partial charge in [-0.15, -0.1) is 11.8 Å². The van der Waals surface area contributed by atoms with Gasteiger partial charge >= 0.3 is 6.80 Å². The number of benzene rings is 2. The number of hydrazone groups is 1. The molecule has 0 radical (unpaired) electrons. The van der Waals surface area contributed by atoms with Crippen LogP contribution in [0.2, 0.25) is 0 Å². The molecule has 0 aromatic heterocycles. The summed E-state index contributed by atoms with van der Waals surface area (Å²) in [5.74, 6) is 1.91. The molecule has 0 saturated carbocycles. The monoisotopic (exact) mass is 480 g/mol. The zero-order valence-corrected chi connectivity index (χ0v) is 20.6. The van der Waals surface area contributed by atoms with Crippen LogP contribution in [0.15, 0.2) is 58.5 Å². The first-order valence-corrected chi connectivity index (χ1v) is 14.4. The minimum atomic E-state index is -3.23. The normalized spacial score (nSPS) is 13.1. The lowest BCUT2D eigenvalue weighted by molar-refractivity contribution is 0.0955. The van der Waals surface area contributed by atoms with Gasteiger partial charge in [-0.05, 0) is 84.9 Å². The zero-order valence-electron chi connectivity index (χ0n) is 18.1. The summed E-state index contributed by atoms with van der Waals surface area (Å²) in [6.45, 7) is 3.02. The summed E-state index contributed by atoms with van der Waals surface area (Å²) in [7, 11) is 0. The van der Waals surface area contributed by atoms with Crippen molar-refractivity contribution in [3.63, 3.8) is 0 Å². The first-order valence-electron chi connectivity index (χ1n) is 10.2. The molecule has 2 aromatic carbocycles. The van der Waals surface area contributed by atoms with Crippen LogP contribution in [-0.2, 0) is 9.09 Å². The summed E-state index contributed by atoms with van der Waals surface area (Å²) in [5, 5.41) is 4.03. The van der Waals surface area contributed by atoms with E-state index in [0.29, 0.717) is 23.7 Å². The number of rotatable bonds is 13. The second-order valence-electron chi connectivity index (χ2n) is 6.43. The Hall–Kier alpha value is -1.73. The molecule has 0 saturated heterocycles. The number of nitrogens with one attached hydrogen (secondary N) is 1. The molecule has 0 spiro atoms. The molecular formula is C22H29N2O4PS2. The van der Waals surface area contributed by atoms with E-state index in [0.717, 1.165) is 29.1 Å². The van der Waals surface area contributed by atoms with Crippen molar-refractivity contribution in [2.24, 2.45) is 5.10 Å². The van der Waals surface area contributed by atoms with Crippen LogP contribution in [-0.4, -0.2) is 30.2 Å². The van der Waals surface area contributed by atoms with E-state index in [4.69, 9.17) is 9.05 Å². The van der Waals surface area contributed by atoms with Crippen LogP contribution in [0.1, 0.15) is 49.5 Å². The third kappa shape index (κ3) is 9.11. The van der Waals surface area contributed by atoms with Gasteiger partial charge in [0.25, 0.3) is 5.91 Å². The van der Waals surface area contributed by atoms with Crippen molar-refractivity contribution >= 4 is 42.1 Å². The van der Waals surface area contributed by atoms with Gasteiger partial charge in [0.05, 0.1) is 12.8 Å². The highest BCUT2D eigenvalue weighted by Gasteiger charge is 2.26. The molecule has 1 unspecified atom stereocenters. The van der Waals surface area contributed by atoms with Crippen LogP contribution in [0.25, 0.3) is 0 Å². The van der Waals surface area contributed by atoms with Crippen LogP contribution in [0.5, 0.6) is 5.75 Å². The van der Waals surface area contributed by atoms with Crippen LogP contribution < -0.4 is 9.95 Å². The second kappa shape index (κ2) is 13.6. The number of carbonyl (C=O) groups excluding carboxylic acids is 1. The first-order chi connectivity index (χ1) is 15.0. The predicted molar refractivity (Wildman–Crippen MR) is 132 cm³/mol. The van der Waals surface area contributed by atoms with E-state index in [1.807, 2.05) is 25.1 Å². The van der Waals surface area contributed by atoms with Gasteiger partial charge in [0, 0.05) is 16.2 Å². The fourth-order valence-electron chi connectivity index (χ4n) is 2.37. The van der Waals surface area contributed by atoms with Crippen molar-refractivity contribution in [3.8, 4) is 5.75 Å².